The molecule has 0 aliphatic heterocycles. The van der Waals surface area contributed by atoms with Crippen molar-refractivity contribution < 1.29 is 26.5 Å². The van der Waals surface area contributed by atoms with E-state index < -0.39 is 0 Å². The Morgan fingerprint density at radius 1 is 0.224 bits per heavy atom. The first-order valence-electron chi connectivity index (χ1n) is 40.2. The Labute approximate surface area is 691 Å². The molecule has 0 saturated heterocycles. The monoisotopic (exact) mass is 1560 g/mol. The van der Waals surface area contributed by atoms with Crippen LogP contribution in [0, 0.1) is 55.4 Å². The molecule has 0 aliphatic rings. The molecule has 0 saturated carbocycles. The number of para-hydroxylation sites is 1. The molecule has 0 amide bonds. The maximum Gasteiger partial charge on any atom is 0.137 e. The number of furan rings is 6. The average molecular weight is 1560 g/mol. The fourth-order valence-corrected chi connectivity index (χ4v) is 17.2. The molecule has 20 rings (SSSR count). The van der Waals surface area contributed by atoms with E-state index in [0.29, 0.717) is 23.7 Å². The first kappa shape index (κ1) is 81.8. The van der Waals surface area contributed by atoms with Gasteiger partial charge >= 0.3 is 0 Å². The number of thiophene rings is 2. The van der Waals surface area contributed by atoms with Gasteiger partial charge in [0, 0.05) is 47.3 Å². The van der Waals surface area contributed by atoms with Crippen molar-refractivity contribution in [3.05, 3.63) is 382 Å². The fraction of sp³-hybridized carbons (Fsp3) is 0.185. The van der Waals surface area contributed by atoms with Gasteiger partial charge in [0.25, 0.3) is 0 Å². The zero-order valence-electron chi connectivity index (χ0n) is 69.6. The Kier molecular flexibility index (Phi) is 26.7. The fourth-order valence-electron chi connectivity index (χ4n) is 15.4. The molecule has 0 spiro atoms. The topological polar surface area (TPSA) is 78.8 Å². The van der Waals surface area contributed by atoms with Gasteiger partial charge in [0.15, 0.2) is 0 Å². The second-order valence-electron chi connectivity index (χ2n) is 31.0. The predicted molar refractivity (Wildman–Crippen MR) is 497 cm³/mol. The van der Waals surface area contributed by atoms with Crippen molar-refractivity contribution in [1.29, 1.82) is 0 Å². The van der Waals surface area contributed by atoms with Crippen molar-refractivity contribution in [1.82, 2.24) is 0 Å². The number of fused-ring (bicyclic) bond motifs is 8. The first-order chi connectivity index (χ1) is 56.2. The lowest BCUT2D eigenvalue weighted by atomic mass is 9.91. The summed E-state index contributed by atoms with van der Waals surface area (Å²) in [4.78, 5) is 0. The summed E-state index contributed by atoms with van der Waals surface area (Å²) in [5.74, 6) is 2.32. The SMILES string of the molecule is Cc1c(-c2ccccc2)ccc2ccoc12.Cc1c(C(C)C)cc(-c2ccccc2)c2ccoc12.Cc1c(C(C)C)ccc2ccoc12.Cc1c(C(C)C)ccc2ccsc12.Cc1cc(-c2ccccc2)cc2ccoc12.Cc1cc(C(C)C)cc2ccsc12.Cc1ccc(-c2ccccc2)c2ccoc12.Cc1cccc2ccoc12. The molecule has 8 heterocycles. The Morgan fingerprint density at radius 2 is 0.655 bits per heavy atom. The highest BCUT2D eigenvalue weighted by atomic mass is 32.1. The number of aryl methyl sites for hydroxylation is 8. The molecule has 20 aromatic rings. The van der Waals surface area contributed by atoms with Crippen LogP contribution >= 0.6 is 22.7 Å². The molecule has 584 valence electrons. The maximum absolute atomic E-state index is 5.70. The smallest absolute Gasteiger partial charge is 0.137 e. The summed E-state index contributed by atoms with van der Waals surface area (Å²) in [7, 11) is 0. The molecule has 0 fully saturated rings. The summed E-state index contributed by atoms with van der Waals surface area (Å²) >= 11 is 3.68. The van der Waals surface area contributed by atoms with Gasteiger partial charge in [-0.1, -0.05) is 256 Å². The minimum absolute atomic E-state index is 0.497. The van der Waals surface area contributed by atoms with Gasteiger partial charge < -0.3 is 26.5 Å². The van der Waals surface area contributed by atoms with Gasteiger partial charge in [-0.05, 0) is 273 Å². The molecular formula is C108H104O6S2. The highest BCUT2D eigenvalue weighted by Gasteiger charge is 2.17. The van der Waals surface area contributed by atoms with E-state index in [1.54, 1.807) is 37.6 Å². The third-order valence-corrected chi connectivity index (χ3v) is 23.7. The lowest BCUT2D eigenvalue weighted by molar-refractivity contribution is 0.611. The minimum Gasteiger partial charge on any atom is -0.464 e. The summed E-state index contributed by atoms with van der Waals surface area (Å²) in [5.41, 5.74) is 31.8. The Hall–Kier alpha value is -12.2. The van der Waals surface area contributed by atoms with Gasteiger partial charge in [0.05, 0.1) is 37.6 Å². The number of hydrogen-bond donors (Lipinski definition) is 0. The summed E-state index contributed by atoms with van der Waals surface area (Å²) in [6.07, 6.45) is 10.5. The van der Waals surface area contributed by atoms with E-state index in [9.17, 15) is 0 Å². The van der Waals surface area contributed by atoms with Crippen molar-refractivity contribution in [2.24, 2.45) is 0 Å². The molecule has 0 radical (unpaired) electrons. The van der Waals surface area contributed by atoms with E-state index >= 15 is 0 Å². The zero-order valence-corrected chi connectivity index (χ0v) is 71.2. The van der Waals surface area contributed by atoms with Crippen LogP contribution < -0.4 is 0 Å². The second-order valence-corrected chi connectivity index (χ2v) is 32.8. The van der Waals surface area contributed by atoms with Crippen LogP contribution in [0.1, 0.15) is 146 Å². The molecule has 6 nitrogen and oxygen atoms in total. The molecule has 0 unspecified atom stereocenters. The molecule has 116 heavy (non-hydrogen) atoms. The van der Waals surface area contributed by atoms with Crippen molar-refractivity contribution in [3.63, 3.8) is 0 Å². The molecule has 12 aromatic carbocycles. The Morgan fingerprint density at radius 3 is 1.23 bits per heavy atom. The molecule has 0 bridgehead atoms. The van der Waals surface area contributed by atoms with Crippen molar-refractivity contribution in [2.45, 2.75) is 134 Å². The first-order valence-corrected chi connectivity index (χ1v) is 41.9. The second kappa shape index (κ2) is 37.8. The van der Waals surface area contributed by atoms with Gasteiger partial charge in [0.2, 0.25) is 0 Å². The molecule has 8 aromatic heterocycles. The molecule has 0 atom stereocenters. The van der Waals surface area contributed by atoms with Gasteiger partial charge in [-0.3, -0.25) is 0 Å². The van der Waals surface area contributed by atoms with Crippen LogP contribution in [0.25, 0.3) is 130 Å². The van der Waals surface area contributed by atoms with Crippen LogP contribution in [0.3, 0.4) is 0 Å². The van der Waals surface area contributed by atoms with Crippen molar-refractivity contribution in [2.75, 3.05) is 0 Å². The third kappa shape index (κ3) is 18.9. The average Bonchev–Trinajstić information content (AvgIpc) is 1.44. The van der Waals surface area contributed by atoms with Crippen LogP contribution in [-0.4, -0.2) is 0 Å². The largest absolute Gasteiger partial charge is 0.464 e. The highest BCUT2D eigenvalue weighted by molar-refractivity contribution is 7.17. The molecule has 0 N–H and O–H groups in total. The summed E-state index contributed by atoms with van der Waals surface area (Å²) < 4.78 is 35.7. The molecule has 0 aliphatic carbocycles. The van der Waals surface area contributed by atoms with E-state index in [1.165, 1.54) is 158 Å². The van der Waals surface area contributed by atoms with Crippen LogP contribution in [0.4, 0.5) is 0 Å². The van der Waals surface area contributed by atoms with E-state index in [4.69, 9.17) is 26.5 Å². The van der Waals surface area contributed by atoms with E-state index in [0.717, 1.165) is 38.9 Å². The van der Waals surface area contributed by atoms with E-state index in [2.05, 4.69) is 309 Å². The van der Waals surface area contributed by atoms with Gasteiger partial charge in [0.1, 0.15) is 33.5 Å². The highest BCUT2D eigenvalue weighted by Crippen LogP contribution is 2.39. The van der Waals surface area contributed by atoms with Crippen LogP contribution in [0.15, 0.2) is 342 Å². The lowest BCUT2D eigenvalue weighted by Gasteiger charge is -2.14. The molecule has 8 heteroatoms. The Balaban J connectivity index is 0.000000116. The Bertz CT molecular complexity index is 6480. The summed E-state index contributed by atoms with van der Waals surface area (Å²) in [6.45, 7) is 34.9. The predicted octanol–water partition coefficient (Wildman–Crippen LogP) is 34.0. The van der Waals surface area contributed by atoms with Crippen molar-refractivity contribution >= 4 is 109 Å². The van der Waals surface area contributed by atoms with Crippen LogP contribution in [0.2, 0.25) is 0 Å². The van der Waals surface area contributed by atoms with Crippen LogP contribution in [-0.2, 0) is 0 Å². The third-order valence-electron chi connectivity index (χ3n) is 21.6. The number of rotatable bonds is 8. The number of hydrogen-bond acceptors (Lipinski definition) is 8. The maximum atomic E-state index is 5.70. The van der Waals surface area contributed by atoms with E-state index in [-0.39, 0.29) is 0 Å². The number of benzene rings is 12. The zero-order chi connectivity index (χ0) is 81.5. The summed E-state index contributed by atoms with van der Waals surface area (Å²) in [5, 5.41) is 14.2. The minimum atomic E-state index is 0.497. The van der Waals surface area contributed by atoms with E-state index in [1.807, 2.05) is 102 Å². The quantitative estimate of drug-likeness (QED) is 0.151. The molecular weight excluding hydrogens is 1460 g/mol. The van der Waals surface area contributed by atoms with Crippen molar-refractivity contribution in [3.8, 4) is 44.5 Å². The van der Waals surface area contributed by atoms with Crippen LogP contribution in [0.5, 0.6) is 0 Å². The lowest BCUT2D eigenvalue weighted by Crippen LogP contribution is -1.94. The van der Waals surface area contributed by atoms with Gasteiger partial charge in [-0.25, -0.2) is 0 Å². The summed E-state index contributed by atoms with van der Waals surface area (Å²) in [6, 6.07) is 92.9. The standard InChI is InChI=1S/C18H18O.3C15H12O.C12H14O.2C12H14S.C9H8O/c1-12(2)16-11-17(14-7-5-4-6-8-14)15-9-10-19-18(15)13(16)3;1-11-9-14(12-5-3-2-4-6-12)10-13-7-8-16-15(11)13;1-11-14(12-5-3-2-4-6-12)8-7-13-9-10-16-15(11)13;1-11-7-8-13(12-5-3-2-4-6-12)14-9-10-16-15(11)14;1-8(2)11-5-4-10-6-7-13-12(10)9(11)3;1-8(2)11-6-9(3)12-10(7-11)4-5-13-12;1-8(2)11-5-4-10-6-7-13-12(10)9(11)3;1-7-3-2-4-8-5-6-10-9(7)8/h4-12H,1-3H3;3*2-10H,1H3;3*4-8H,1-3H3;2-6H,1H3. The van der Waals surface area contributed by atoms with Gasteiger partial charge in [-0.15, -0.1) is 22.7 Å². The normalized spacial score (nSPS) is 11.1. The van der Waals surface area contributed by atoms with Gasteiger partial charge in [-0.2, -0.15) is 0 Å².